The van der Waals surface area contributed by atoms with Gasteiger partial charge >= 0.3 is 0 Å². The summed E-state index contributed by atoms with van der Waals surface area (Å²) in [4.78, 5) is 2.88. The Balaban J connectivity index is 2.02. The molecule has 0 aromatic heterocycles. The van der Waals surface area contributed by atoms with Crippen LogP contribution in [0.3, 0.4) is 0 Å². The Morgan fingerprint density at radius 1 is 1.00 bits per heavy atom. The van der Waals surface area contributed by atoms with Crippen LogP contribution in [0.15, 0.2) is 0 Å². The van der Waals surface area contributed by atoms with Gasteiger partial charge in [0.1, 0.15) is 0 Å². The van der Waals surface area contributed by atoms with Gasteiger partial charge in [-0.2, -0.15) is 0 Å². The number of hydrogen-bond acceptors (Lipinski definition) is 2. The molecule has 2 rings (SSSR count). The summed E-state index contributed by atoms with van der Waals surface area (Å²) >= 11 is 0. The van der Waals surface area contributed by atoms with Gasteiger partial charge in [-0.05, 0) is 64.1 Å². The zero-order valence-electron chi connectivity index (χ0n) is 14.8. The minimum absolute atomic E-state index is 0.503. The minimum Gasteiger partial charge on any atom is -0.312 e. The fourth-order valence-electron chi connectivity index (χ4n) is 4.64. The highest BCUT2D eigenvalue weighted by Crippen LogP contribution is 2.41. The van der Waals surface area contributed by atoms with Gasteiger partial charge in [0.2, 0.25) is 0 Å². The molecule has 2 heteroatoms. The first-order valence-corrected chi connectivity index (χ1v) is 9.67. The predicted molar refractivity (Wildman–Crippen MR) is 92.8 cm³/mol. The van der Waals surface area contributed by atoms with Crippen LogP contribution < -0.4 is 5.32 Å². The second-order valence-corrected chi connectivity index (χ2v) is 7.84. The Kier molecular flexibility index (Phi) is 7.01. The molecule has 2 fully saturated rings. The Labute approximate surface area is 133 Å². The molecular weight excluding hydrogens is 256 g/mol. The summed E-state index contributed by atoms with van der Waals surface area (Å²) in [6.07, 6.45) is 14.1. The molecule has 0 bridgehead atoms. The Morgan fingerprint density at radius 3 is 2.24 bits per heavy atom. The molecule has 1 saturated carbocycles. The van der Waals surface area contributed by atoms with Gasteiger partial charge in [0.15, 0.2) is 0 Å². The average molecular weight is 295 g/mol. The largest absolute Gasteiger partial charge is 0.312 e. The van der Waals surface area contributed by atoms with E-state index < -0.39 is 0 Å². The van der Waals surface area contributed by atoms with E-state index in [1.165, 1.54) is 83.8 Å². The van der Waals surface area contributed by atoms with E-state index in [1.54, 1.807) is 0 Å². The Hall–Kier alpha value is -0.0800. The van der Waals surface area contributed by atoms with E-state index in [0.29, 0.717) is 5.54 Å². The lowest BCUT2D eigenvalue weighted by Gasteiger charge is -2.46. The van der Waals surface area contributed by atoms with Crippen molar-refractivity contribution in [2.24, 2.45) is 5.92 Å². The van der Waals surface area contributed by atoms with E-state index in [9.17, 15) is 0 Å². The van der Waals surface area contributed by atoms with Crippen molar-refractivity contribution in [1.29, 1.82) is 0 Å². The molecule has 0 radical (unpaired) electrons. The van der Waals surface area contributed by atoms with Crippen molar-refractivity contribution in [2.45, 2.75) is 96.6 Å². The highest BCUT2D eigenvalue weighted by Gasteiger charge is 2.45. The summed E-state index contributed by atoms with van der Waals surface area (Å²) in [5.41, 5.74) is 0.503. The van der Waals surface area contributed by atoms with Crippen LogP contribution >= 0.6 is 0 Å². The van der Waals surface area contributed by atoms with Gasteiger partial charge in [-0.25, -0.2) is 0 Å². The second kappa shape index (κ2) is 8.53. The van der Waals surface area contributed by atoms with E-state index in [4.69, 9.17) is 0 Å². The smallest absolute Gasteiger partial charge is 0.0362 e. The quantitative estimate of drug-likeness (QED) is 0.669. The lowest BCUT2D eigenvalue weighted by Crippen LogP contribution is -2.59. The van der Waals surface area contributed by atoms with E-state index in [0.717, 1.165) is 12.0 Å². The first-order valence-electron chi connectivity index (χ1n) is 9.67. The molecule has 0 spiro atoms. The van der Waals surface area contributed by atoms with E-state index in [2.05, 4.69) is 31.0 Å². The molecule has 2 nitrogen and oxygen atoms in total. The normalized spacial score (nSPS) is 24.0. The lowest BCUT2D eigenvalue weighted by molar-refractivity contribution is 0.0714. The molecule has 0 amide bonds. The standard InChI is InChI=1S/C19H38N2/c1-4-14-20-18(11-9-10-17(2)3)19(12-5-6-13-19)21-15-7-8-16-21/h17-18,20H,4-16H2,1-3H3. The number of likely N-dealkylation sites (tertiary alicyclic amines) is 1. The maximum atomic E-state index is 3.96. The topological polar surface area (TPSA) is 15.3 Å². The van der Waals surface area contributed by atoms with Crippen LogP contribution in [-0.2, 0) is 0 Å². The van der Waals surface area contributed by atoms with E-state index >= 15 is 0 Å². The lowest BCUT2D eigenvalue weighted by atomic mass is 9.82. The molecule has 1 N–H and O–H groups in total. The van der Waals surface area contributed by atoms with Crippen LogP contribution in [-0.4, -0.2) is 36.1 Å². The number of nitrogens with zero attached hydrogens (tertiary/aromatic N) is 1. The van der Waals surface area contributed by atoms with E-state index in [1.807, 2.05) is 0 Å². The SMILES string of the molecule is CCCNC(CCCC(C)C)C1(N2CCCC2)CCCC1. The Bertz CT molecular complexity index is 275. The van der Waals surface area contributed by atoms with Crippen molar-refractivity contribution < 1.29 is 0 Å². The summed E-state index contributed by atoms with van der Waals surface area (Å²) in [6.45, 7) is 10.9. The molecule has 1 atom stereocenters. The number of rotatable bonds is 9. The van der Waals surface area contributed by atoms with Crippen LogP contribution in [0.4, 0.5) is 0 Å². The fourth-order valence-corrected chi connectivity index (χ4v) is 4.64. The summed E-state index contributed by atoms with van der Waals surface area (Å²) in [6, 6.07) is 0.733. The van der Waals surface area contributed by atoms with Crippen molar-refractivity contribution in [3.63, 3.8) is 0 Å². The molecule has 1 aliphatic carbocycles. The van der Waals surface area contributed by atoms with E-state index in [-0.39, 0.29) is 0 Å². The first kappa shape index (κ1) is 17.3. The van der Waals surface area contributed by atoms with Gasteiger partial charge in [-0.3, -0.25) is 4.90 Å². The second-order valence-electron chi connectivity index (χ2n) is 7.84. The molecule has 1 saturated heterocycles. The molecule has 1 unspecified atom stereocenters. The highest BCUT2D eigenvalue weighted by atomic mass is 15.2. The van der Waals surface area contributed by atoms with Crippen LogP contribution in [0.5, 0.6) is 0 Å². The maximum absolute atomic E-state index is 3.96. The molecule has 1 heterocycles. The summed E-state index contributed by atoms with van der Waals surface area (Å²) in [5.74, 6) is 0.850. The highest BCUT2D eigenvalue weighted by molar-refractivity contribution is 5.04. The molecule has 0 aromatic carbocycles. The number of nitrogens with one attached hydrogen (secondary N) is 1. The van der Waals surface area contributed by atoms with Crippen molar-refractivity contribution in [3.05, 3.63) is 0 Å². The molecule has 0 aromatic rings. The number of hydrogen-bond donors (Lipinski definition) is 1. The van der Waals surface area contributed by atoms with Crippen molar-refractivity contribution >= 4 is 0 Å². The van der Waals surface area contributed by atoms with Crippen LogP contribution in [0.25, 0.3) is 0 Å². The van der Waals surface area contributed by atoms with Gasteiger partial charge < -0.3 is 5.32 Å². The van der Waals surface area contributed by atoms with Crippen molar-refractivity contribution in [3.8, 4) is 0 Å². The van der Waals surface area contributed by atoms with Crippen LogP contribution in [0.2, 0.25) is 0 Å². The maximum Gasteiger partial charge on any atom is 0.0362 e. The Morgan fingerprint density at radius 2 is 1.67 bits per heavy atom. The van der Waals surface area contributed by atoms with Gasteiger partial charge in [0.25, 0.3) is 0 Å². The molecule has 21 heavy (non-hydrogen) atoms. The van der Waals surface area contributed by atoms with Crippen LogP contribution in [0.1, 0.15) is 85.0 Å². The summed E-state index contributed by atoms with van der Waals surface area (Å²) in [5, 5.41) is 3.96. The monoisotopic (exact) mass is 294 g/mol. The minimum atomic E-state index is 0.503. The summed E-state index contributed by atoms with van der Waals surface area (Å²) < 4.78 is 0. The molecule has 124 valence electrons. The summed E-state index contributed by atoms with van der Waals surface area (Å²) in [7, 11) is 0. The molecular formula is C19H38N2. The molecule has 1 aliphatic heterocycles. The van der Waals surface area contributed by atoms with Crippen molar-refractivity contribution in [2.75, 3.05) is 19.6 Å². The zero-order valence-corrected chi connectivity index (χ0v) is 14.8. The average Bonchev–Trinajstić information content (AvgIpc) is 3.12. The third kappa shape index (κ3) is 4.45. The zero-order chi connectivity index (χ0) is 15.1. The third-order valence-corrected chi connectivity index (χ3v) is 5.77. The van der Waals surface area contributed by atoms with Crippen LogP contribution in [0, 0.1) is 5.92 Å². The predicted octanol–water partition coefficient (Wildman–Crippen LogP) is 4.59. The van der Waals surface area contributed by atoms with Gasteiger partial charge in [-0.15, -0.1) is 0 Å². The molecule has 2 aliphatic rings. The van der Waals surface area contributed by atoms with Crippen molar-refractivity contribution in [1.82, 2.24) is 10.2 Å². The van der Waals surface area contributed by atoms with Gasteiger partial charge in [-0.1, -0.05) is 46.5 Å². The van der Waals surface area contributed by atoms with Gasteiger partial charge in [0.05, 0.1) is 0 Å². The fraction of sp³-hybridized carbons (Fsp3) is 1.00. The van der Waals surface area contributed by atoms with Gasteiger partial charge in [0, 0.05) is 11.6 Å². The third-order valence-electron chi connectivity index (χ3n) is 5.77. The first-order chi connectivity index (χ1) is 10.2.